The lowest BCUT2D eigenvalue weighted by molar-refractivity contribution is 0.00578. The molecule has 0 spiro atoms. The van der Waals surface area contributed by atoms with Gasteiger partial charge in [0.25, 0.3) is 0 Å². The van der Waals surface area contributed by atoms with Gasteiger partial charge in [-0.15, -0.1) is 0 Å². The van der Waals surface area contributed by atoms with Crippen LogP contribution in [0.15, 0.2) is 452 Å². The van der Waals surface area contributed by atoms with Gasteiger partial charge in [0.15, 0.2) is 0 Å². The van der Waals surface area contributed by atoms with E-state index in [2.05, 4.69) is 494 Å². The lowest BCUT2D eigenvalue weighted by atomic mass is 9.78. The standard InChI is InChI=1S/2C31H29BN2O2.C30H22BrN.C25H17BrN2/c2*1-30(2)31(3,4)36-32(35-30)25-15-11-14-23(20-25)24-18-19-28-27(21-24)33-29(22-12-7-5-8-13-22)34(28)26-16-9-6-10-17-26;31-27-15-21-30(22-16-27)32(28-17-11-25(12-18-28)23-7-3-1-4-8-23)29-19-13-26(14-20-29)24-9-5-2-6-10-24;26-21-11-7-10-19(16-21)20-14-15-24-23(17-20)27-25(18-8-3-1-4-9-18)28(24)22-12-5-2-6-13-22/h2*5-21H,1-4H3;1-22H;1-17H. The molecule has 22 rings (SSSR count). The van der Waals surface area contributed by atoms with E-state index >= 15 is 0 Å². The molecule has 0 aliphatic carbocycles. The Morgan fingerprint density at radius 2 is 0.455 bits per heavy atom. The molecule has 0 saturated carbocycles. The molecule has 0 bridgehead atoms. The van der Waals surface area contributed by atoms with Crippen molar-refractivity contribution in [3.8, 4) is 107 Å². The summed E-state index contributed by atoms with van der Waals surface area (Å²) in [7, 11) is -0.777. The average molecular weight is 1850 g/mol. The summed E-state index contributed by atoms with van der Waals surface area (Å²) >= 11 is 7.13. The van der Waals surface area contributed by atoms with Crippen molar-refractivity contribution >= 4 is 107 Å². The maximum Gasteiger partial charge on any atom is 0.494 e. The van der Waals surface area contributed by atoms with Gasteiger partial charge in [-0.1, -0.05) is 341 Å². The Bertz CT molecular complexity index is 7050. The third kappa shape index (κ3) is 18.6. The molecule has 0 amide bonds. The number of anilines is 3. The predicted molar refractivity (Wildman–Crippen MR) is 555 cm³/mol. The molecule has 2 aliphatic heterocycles. The minimum Gasteiger partial charge on any atom is -0.399 e. The summed E-state index contributed by atoms with van der Waals surface area (Å²) in [5, 5.41) is 0. The topological polar surface area (TPSA) is 93.6 Å². The fraction of sp³-hybridized carbons (Fsp3) is 0.103. The van der Waals surface area contributed by atoms with Crippen molar-refractivity contribution in [1.29, 1.82) is 0 Å². The lowest BCUT2D eigenvalue weighted by Gasteiger charge is -2.32. The van der Waals surface area contributed by atoms with Gasteiger partial charge in [-0.2, -0.15) is 0 Å². The zero-order chi connectivity index (χ0) is 90.5. The molecule has 17 aromatic carbocycles. The van der Waals surface area contributed by atoms with Gasteiger partial charge < -0.3 is 23.5 Å². The first-order chi connectivity index (χ1) is 64.2. The van der Waals surface area contributed by atoms with E-state index in [1.165, 1.54) is 27.8 Å². The fourth-order valence-electron chi connectivity index (χ4n) is 16.9. The van der Waals surface area contributed by atoms with Crippen molar-refractivity contribution in [3.05, 3.63) is 452 Å². The number of rotatable bonds is 16. The summed E-state index contributed by atoms with van der Waals surface area (Å²) in [4.78, 5) is 17.5. The summed E-state index contributed by atoms with van der Waals surface area (Å²) in [5.41, 5.74) is 28.3. The number of imidazole rings is 3. The van der Waals surface area contributed by atoms with Gasteiger partial charge in [0, 0.05) is 59.8 Å². The highest BCUT2D eigenvalue weighted by atomic mass is 79.9. The van der Waals surface area contributed by atoms with Crippen LogP contribution in [0, 0.1) is 0 Å². The van der Waals surface area contributed by atoms with E-state index < -0.39 is 0 Å². The van der Waals surface area contributed by atoms with E-state index in [1.807, 2.05) is 54.6 Å². The van der Waals surface area contributed by atoms with Crippen molar-refractivity contribution in [2.45, 2.75) is 77.8 Å². The average Bonchev–Trinajstić information content (AvgIpc) is 1.68. The Kier molecular flexibility index (Phi) is 24.9. The third-order valence-electron chi connectivity index (χ3n) is 25.3. The van der Waals surface area contributed by atoms with E-state index in [0.29, 0.717) is 0 Å². The normalized spacial score (nSPS) is 13.9. The molecule has 0 N–H and O–H groups in total. The zero-order valence-electron chi connectivity index (χ0n) is 74.8. The SMILES string of the molecule is Brc1ccc(N(c2ccc(-c3ccccc3)cc2)c2ccc(-c3ccccc3)cc2)cc1.Brc1cccc(-c2ccc3c(c2)nc(-c2ccccc2)n3-c2ccccc2)c1.CC1(C)OB(c2cccc(-c3ccc4c(c3)nc(-c3ccccc3)n4-c3ccccc3)c2)OC1(C)C.CC1(C)OB(c2cccc(-c3ccc4c(c3)nc(-c3ccccc3)n4-c3ccccc3)c2)OC1(C)C. The Balaban J connectivity index is 0.000000114. The van der Waals surface area contributed by atoms with Crippen LogP contribution in [-0.2, 0) is 18.6 Å². The Morgan fingerprint density at radius 1 is 0.220 bits per heavy atom. The molecule has 0 radical (unpaired) electrons. The first-order valence-corrected chi connectivity index (χ1v) is 46.3. The summed E-state index contributed by atoms with van der Waals surface area (Å²) in [6.07, 6.45) is 0. The summed E-state index contributed by atoms with van der Waals surface area (Å²) < 4.78 is 34.0. The highest BCUT2D eigenvalue weighted by molar-refractivity contribution is 9.10. The molecule has 20 aromatic rings. The molecule has 15 heteroatoms. The molecule has 2 aliphatic rings. The minimum absolute atomic E-state index is 0.370. The van der Waals surface area contributed by atoms with Crippen LogP contribution in [0.25, 0.3) is 140 Å². The number of benzene rings is 17. The van der Waals surface area contributed by atoms with Crippen LogP contribution in [0.2, 0.25) is 0 Å². The molecule has 2 fully saturated rings. The molecule has 3 aromatic heterocycles. The van der Waals surface area contributed by atoms with Gasteiger partial charge >= 0.3 is 14.2 Å². The molecule has 2 saturated heterocycles. The number of nitrogens with zero attached hydrogens (tertiary/aromatic N) is 7. The fourth-order valence-corrected chi connectivity index (χ4v) is 17.6. The Labute approximate surface area is 789 Å². The summed E-state index contributed by atoms with van der Waals surface area (Å²) in [6.45, 7) is 16.7. The molecule has 132 heavy (non-hydrogen) atoms. The maximum atomic E-state index is 6.29. The van der Waals surface area contributed by atoms with E-state index in [9.17, 15) is 0 Å². The molecule has 5 heterocycles. The second-order valence-electron chi connectivity index (χ2n) is 35.1. The Hall–Kier alpha value is -14.1. The molecule has 11 nitrogen and oxygen atoms in total. The van der Waals surface area contributed by atoms with Crippen molar-refractivity contribution in [3.63, 3.8) is 0 Å². The van der Waals surface area contributed by atoms with Gasteiger partial charge in [-0.25, -0.2) is 15.0 Å². The molecular formula is C117H97B2Br2N7O4. The number of hydrogen-bond donors (Lipinski definition) is 0. The van der Waals surface area contributed by atoms with Crippen molar-refractivity contribution in [1.82, 2.24) is 28.7 Å². The van der Waals surface area contributed by atoms with Crippen LogP contribution >= 0.6 is 31.9 Å². The summed E-state index contributed by atoms with van der Waals surface area (Å²) in [6, 6.07) is 154. The van der Waals surface area contributed by atoms with Crippen LogP contribution in [0.1, 0.15) is 55.4 Å². The van der Waals surface area contributed by atoms with E-state index in [0.717, 1.165) is 149 Å². The highest BCUT2D eigenvalue weighted by Gasteiger charge is 2.53. The monoisotopic (exact) mass is 1840 g/mol. The van der Waals surface area contributed by atoms with Gasteiger partial charge in [-0.05, 0) is 255 Å². The van der Waals surface area contributed by atoms with Gasteiger partial charge in [0.2, 0.25) is 0 Å². The highest BCUT2D eigenvalue weighted by Crippen LogP contribution is 2.43. The van der Waals surface area contributed by atoms with Crippen molar-refractivity contribution in [2.24, 2.45) is 0 Å². The number of halogens is 2. The minimum atomic E-state index is -0.388. The summed E-state index contributed by atoms with van der Waals surface area (Å²) in [5.74, 6) is 2.81. The zero-order valence-corrected chi connectivity index (χ0v) is 78.0. The van der Waals surface area contributed by atoms with Crippen molar-refractivity contribution in [2.75, 3.05) is 4.90 Å². The Morgan fingerprint density at radius 3 is 0.750 bits per heavy atom. The molecule has 0 atom stereocenters. The predicted octanol–water partition coefficient (Wildman–Crippen LogP) is 29.7. The van der Waals surface area contributed by atoms with Crippen LogP contribution in [0.4, 0.5) is 17.1 Å². The van der Waals surface area contributed by atoms with Crippen LogP contribution < -0.4 is 15.8 Å². The van der Waals surface area contributed by atoms with Gasteiger partial charge in [-0.3, -0.25) is 13.7 Å². The largest absolute Gasteiger partial charge is 0.494 e. The van der Waals surface area contributed by atoms with E-state index in [-0.39, 0.29) is 36.6 Å². The third-order valence-corrected chi connectivity index (χ3v) is 26.3. The first kappa shape index (κ1) is 87.2. The number of hydrogen-bond acceptors (Lipinski definition) is 8. The lowest BCUT2D eigenvalue weighted by Crippen LogP contribution is -2.41. The number of fused-ring (bicyclic) bond motifs is 3. The van der Waals surface area contributed by atoms with E-state index in [4.69, 9.17) is 33.6 Å². The smallest absolute Gasteiger partial charge is 0.399 e. The number of para-hydroxylation sites is 3. The van der Waals surface area contributed by atoms with Crippen LogP contribution in [0.5, 0.6) is 0 Å². The first-order valence-electron chi connectivity index (χ1n) is 44.7. The van der Waals surface area contributed by atoms with Crippen LogP contribution in [-0.4, -0.2) is 65.3 Å². The second kappa shape index (κ2) is 37.8. The quantitative estimate of drug-likeness (QED) is 0.0884. The van der Waals surface area contributed by atoms with Crippen molar-refractivity contribution < 1.29 is 18.6 Å². The molecule has 644 valence electrons. The maximum absolute atomic E-state index is 6.29. The van der Waals surface area contributed by atoms with E-state index in [1.54, 1.807) is 0 Å². The van der Waals surface area contributed by atoms with Gasteiger partial charge in [0.05, 0.1) is 55.5 Å². The molecule has 0 unspecified atom stereocenters. The molecular weight excluding hydrogens is 1750 g/mol. The number of aromatic nitrogens is 6. The van der Waals surface area contributed by atoms with Gasteiger partial charge in [0.1, 0.15) is 17.5 Å². The van der Waals surface area contributed by atoms with Crippen LogP contribution in [0.3, 0.4) is 0 Å². The second-order valence-corrected chi connectivity index (χ2v) is 36.9.